The predicted octanol–water partition coefficient (Wildman–Crippen LogP) is 2.81. The maximum absolute atomic E-state index is 13.0. The van der Waals surface area contributed by atoms with Crippen LogP contribution in [0, 0.1) is 5.41 Å². The Morgan fingerprint density at radius 1 is 1.12 bits per heavy atom. The van der Waals surface area contributed by atoms with E-state index in [-0.39, 0.29) is 42.0 Å². The topological polar surface area (TPSA) is 73.6 Å². The Hall–Kier alpha value is -2.26. The molecule has 0 radical (unpaired) electrons. The van der Waals surface area contributed by atoms with E-state index >= 15 is 0 Å². The van der Waals surface area contributed by atoms with Crippen molar-refractivity contribution in [1.82, 2.24) is 5.32 Å². The Kier molecular flexibility index (Phi) is 2.57. The summed E-state index contributed by atoms with van der Waals surface area (Å²) >= 11 is 0. The van der Waals surface area contributed by atoms with Crippen molar-refractivity contribution in [3.8, 4) is 11.5 Å². The molecule has 3 aliphatic carbocycles. The van der Waals surface area contributed by atoms with Gasteiger partial charge in [0.25, 0.3) is 5.91 Å². The van der Waals surface area contributed by atoms with Gasteiger partial charge in [-0.2, -0.15) is 13.2 Å². The number of alkyl halides is 5. The molecule has 130 valence electrons. The molecule has 1 aromatic rings. The van der Waals surface area contributed by atoms with E-state index in [0.29, 0.717) is 0 Å². The lowest BCUT2D eigenvalue weighted by Gasteiger charge is -2.70. The van der Waals surface area contributed by atoms with Gasteiger partial charge in [-0.3, -0.25) is 4.79 Å². The predicted molar refractivity (Wildman–Crippen MR) is 69.6 cm³/mol. The number of amides is 1. The van der Waals surface area contributed by atoms with Crippen molar-refractivity contribution >= 4 is 11.6 Å². The van der Waals surface area contributed by atoms with Crippen LogP contribution in [-0.2, 0) is 0 Å². The quantitative estimate of drug-likeness (QED) is 0.635. The smallest absolute Gasteiger partial charge is 0.398 e. The third-order valence-corrected chi connectivity index (χ3v) is 4.83. The summed E-state index contributed by atoms with van der Waals surface area (Å²) in [6.07, 6.45) is -8.69. The summed E-state index contributed by atoms with van der Waals surface area (Å²) in [6.45, 7) is 0. The van der Waals surface area contributed by atoms with Crippen LogP contribution >= 0.6 is 0 Å². The number of ether oxygens (including phenoxy) is 2. The number of hydrogen-bond acceptors (Lipinski definition) is 4. The van der Waals surface area contributed by atoms with Crippen molar-refractivity contribution in [2.75, 3.05) is 5.73 Å². The molecule has 1 amide bonds. The van der Waals surface area contributed by atoms with Gasteiger partial charge in [-0.25, -0.2) is 0 Å². The number of rotatable bonds is 2. The van der Waals surface area contributed by atoms with E-state index in [4.69, 9.17) is 5.73 Å². The van der Waals surface area contributed by atoms with E-state index in [1.165, 1.54) is 0 Å². The monoisotopic (exact) mass is 350 g/mol. The average Bonchev–Trinajstić information content (AvgIpc) is 2.61. The molecule has 3 saturated carbocycles. The highest BCUT2D eigenvalue weighted by atomic mass is 19.4. The second-order valence-corrected chi connectivity index (χ2v) is 6.60. The first-order valence-electron chi connectivity index (χ1n) is 7.03. The lowest BCUT2D eigenvalue weighted by molar-refractivity contribution is -0.336. The largest absolute Gasteiger partial charge is 0.586 e. The van der Waals surface area contributed by atoms with Gasteiger partial charge in [-0.1, -0.05) is 0 Å². The van der Waals surface area contributed by atoms with E-state index in [1.807, 2.05) is 0 Å². The highest BCUT2D eigenvalue weighted by Crippen LogP contribution is 2.73. The van der Waals surface area contributed by atoms with Gasteiger partial charge in [0, 0.05) is 17.3 Å². The van der Waals surface area contributed by atoms with Gasteiger partial charge in [0.15, 0.2) is 11.5 Å². The molecular weight excluding hydrogens is 339 g/mol. The minimum atomic E-state index is -4.29. The van der Waals surface area contributed by atoms with Crippen LogP contribution < -0.4 is 20.5 Å². The van der Waals surface area contributed by atoms with Crippen molar-refractivity contribution in [2.24, 2.45) is 5.41 Å². The molecule has 2 bridgehead atoms. The second-order valence-electron chi connectivity index (χ2n) is 6.60. The molecule has 0 unspecified atom stereocenters. The Balaban J connectivity index is 1.50. The maximum atomic E-state index is 13.0. The number of anilines is 1. The summed E-state index contributed by atoms with van der Waals surface area (Å²) in [7, 11) is 0. The van der Waals surface area contributed by atoms with Crippen molar-refractivity contribution in [1.29, 1.82) is 0 Å². The second kappa shape index (κ2) is 4.04. The number of carbonyl (C=O) groups excluding carboxylic acids is 1. The van der Waals surface area contributed by atoms with Gasteiger partial charge in [0.1, 0.15) is 0 Å². The molecule has 5 nitrogen and oxygen atoms in total. The van der Waals surface area contributed by atoms with Gasteiger partial charge in [-0.05, 0) is 25.3 Å². The minimum Gasteiger partial charge on any atom is -0.398 e. The molecule has 3 fully saturated rings. The van der Waals surface area contributed by atoms with Gasteiger partial charge < -0.3 is 20.5 Å². The summed E-state index contributed by atoms with van der Waals surface area (Å²) in [6, 6.07) is 2.01. The average molecular weight is 350 g/mol. The van der Waals surface area contributed by atoms with E-state index in [2.05, 4.69) is 14.8 Å². The summed E-state index contributed by atoms with van der Waals surface area (Å²) < 4.78 is 72.9. The minimum absolute atomic E-state index is 0.135. The van der Waals surface area contributed by atoms with Gasteiger partial charge in [0.2, 0.25) is 0 Å². The third kappa shape index (κ3) is 1.94. The van der Waals surface area contributed by atoms with Crippen LogP contribution in [0.5, 0.6) is 11.5 Å². The van der Waals surface area contributed by atoms with Crippen LogP contribution in [0.2, 0.25) is 0 Å². The molecule has 24 heavy (non-hydrogen) atoms. The number of nitrogen functional groups attached to an aromatic ring is 1. The first-order valence-corrected chi connectivity index (χ1v) is 7.03. The van der Waals surface area contributed by atoms with Crippen LogP contribution in [0.15, 0.2) is 12.1 Å². The van der Waals surface area contributed by atoms with Crippen LogP contribution in [0.4, 0.5) is 27.6 Å². The lowest BCUT2D eigenvalue weighted by Crippen LogP contribution is -2.78. The number of nitrogens with one attached hydrogen (secondary N) is 1. The SMILES string of the molecule is Nc1cc2c(cc1C(=O)NC13CC(C(F)(F)F)(C1)C3)OC(F)(F)O2. The van der Waals surface area contributed by atoms with E-state index in [1.54, 1.807) is 0 Å². The molecule has 0 atom stereocenters. The van der Waals surface area contributed by atoms with E-state index < -0.39 is 29.3 Å². The Morgan fingerprint density at radius 2 is 1.67 bits per heavy atom. The van der Waals surface area contributed by atoms with Crippen LogP contribution in [0.3, 0.4) is 0 Å². The third-order valence-electron chi connectivity index (χ3n) is 4.83. The number of halogens is 5. The first kappa shape index (κ1) is 15.3. The zero-order chi connectivity index (χ0) is 17.5. The number of hydrogen-bond donors (Lipinski definition) is 2. The number of fused-ring (bicyclic) bond motifs is 1. The molecule has 0 saturated heterocycles. The van der Waals surface area contributed by atoms with Crippen LogP contribution in [0.1, 0.15) is 29.6 Å². The van der Waals surface area contributed by atoms with Gasteiger partial charge in [-0.15, -0.1) is 8.78 Å². The van der Waals surface area contributed by atoms with E-state index in [9.17, 15) is 26.7 Å². The Bertz CT molecular complexity index is 742. The molecule has 5 rings (SSSR count). The zero-order valence-corrected chi connectivity index (χ0v) is 12.0. The molecule has 10 heteroatoms. The van der Waals surface area contributed by atoms with Crippen LogP contribution in [-0.4, -0.2) is 23.9 Å². The van der Waals surface area contributed by atoms with Crippen molar-refractivity contribution in [2.45, 2.75) is 37.3 Å². The molecule has 0 aromatic heterocycles. The van der Waals surface area contributed by atoms with Crippen molar-refractivity contribution in [3.05, 3.63) is 17.7 Å². The number of benzene rings is 1. The van der Waals surface area contributed by atoms with Gasteiger partial charge in [0.05, 0.1) is 11.0 Å². The molecule has 1 aromatic carbocycles. The van der Waals surface area contributed by atoms with Gasteiger partial charge >= 0.3 is 12.5 Å². The Morgan fingerprint density at radius 3 is 2.21 bits per heavy atom. The van der Waals surface area contributed by atoms with E-state index in [0.717, 1.165) is 12.1 Å². The fourth-order valence-corrected chi connectivity index (χ4v) is 3.74. The van der Waals surface area contributed by atoms with Crippen molar-refractivity contribution in [3.63, 3.8) is 0 Å². The van der Waals surface area contributed by atoms with Crippen molar-refractivity contribution < 1.29 is 36.2 Å². The standard InChI is InChI=1S/C14H11F5N2O3/c15-13(16,17)11-3-12(4-11,5-11)21-10(22)6-1-8-9(2-7(6)20)24-14(18,19)23-8/h1-2H,3-5,20H2,(H,21,22). The maximum Gasteiger partial charge on any atom is 0.586 e. The summed E-state index contributed by atoms with van der Waals surface area (Å²) in [4.78, 5) is 12.3. The molecule has 3 N–H and O–H groups in total. The molecular formula is C14H11F5N2O3. The normalized spacial score (nSPS) is 31.9. The number of carbonyl (C=O) groups is 1. The Labute approximate surface area is 131 Å². The summed E-state index contributed by atoms with van der Waals surface area (Å²) in [5.74, 6) is -1.40. The lowest BCUT2D eigenvalue weighted by atomic mass is 9.39. The molecule has 1 heterocycles. The first-order chi connectivity index (χ1) is 10.9. The summed E-state index contributed by atoms with van der Waals surface area (Å²) in [5, 5.41) is 2.52. The fraction of sp³-hybridized carbons (Fsp3) is 0.500. The summed E-state index contributed by atoms with van der Waals surface area (Å²) in [5.41, 5.74) is 2.75. The number of nitrogens with two attached hydrogens (primary N) is 1. The highest BCUT2D eigenvalue weighted by Gasteiger charge is 2.79. The fourth-order valence-electron chi connectivity index (χ4n) is 3.74. The highest BCUT2D eigenvalue weighted by molar-refractivity contribution is 6.00. The zero-order valence-electron chi connectivity index (χ0n) is 12.0. The molecule has 1 aliphatic heterocycles. The molecule has 4 aliphatic rings. The molecule has 0 spiro atoms. The van der Waals surface area contributed by atoms with Crippen LogP contribution in [0.25, 0.3) is 0 Å².